The molecule has 0 atom stereocenters. The zero-order valence-corrected chi connectivity index (χ0v) is 13.2. The molecule has 1 aromatic heterocycles. The molecule has 0 saturated carbocycles. The first-order chi connectivity index (χ1) is 8.10. The summed E-state index contributed by atoms with van der Waals surface area (Å²) < 4.78 is 6.22. The van der Waals surface area contributed by atoms with E-state index in [1.165, 1.54) is 0 Å². The van der Waals surface area contributed by atoms with Crippen LogP contribution in [0.3, 0.4) is 0 Å². The second-order valence-electron chi connectivity index (χ2n) is 6.05. The Labute approximate surface area is 117 Å². The second kappa shape index (κ2) is 5.39. The van der Waals surface area contributed by atoms with Crippen molar-refractivity contribution in [1.29, 1.82) is 0 Å². The third-order valence-electron chi connectivity index (χ3n) is 2.39. The summed E-state index contributed by atoms with van der Waals surface area (Å²) in [5.41, 5.74) is 0.0174. The smallest absolute Gasteiger partial charge is 0.312 e. The van der Waals surface area contributed by atoms with Crippen molar-refractivity contribution in [2.24, 2.45) is 5.41 Å². The number of carbonyl (C=O) groups excluding carboxylic acids is 1. The van der Waals surface area contributed by atoms with E-state index in [0.29, 0.717) is 6.42 Å². The van der Waals surface area contributed by atoms with Gasteiger partial charge in [-0.1, -0.05) is 6.07 Å². The van der Waals surface area contributed by atoms with Crippen LogP contribution < -0.4 is 0 Å². The first-order valence-corrected chi connectivity index (χ1v) is 6.73. The molecule has 0 bridgehead atoms. The molecule has 18 heavy (non-hydrogen) atoms. The zero-order valence-electron chi connectivity index (χ0n) is 11.6. The van der Waals surface area contributed by atoms with Crippen LogP contribution in [0.15, 0.2) is 22.9 Å². The third-order valence-corrected chi connectivity index (χ3v) is 2.86. The van der Waals surface area contributed by atoms with Crippen LogP contribution in [0.4, 0.5) is 0 Å². The van der Waals surface area contributed by atoms with Gasteiger partial charge in [-0.3, -0.25) is 4.79 Å². The standard InChI is InChI=1S/C14H20BrNO2/c1-13(2,3)18-12(17)14(4,5)8-10-6-7-11(15)16-9-10/h6-7,9H,8H2,1-5H3. The molecule has 0 aromatic carbocycles. The van der Waals surface area contributed by atoms with Crippen LogP contribution >= 0.6 is 15.9 Å². The van der Waals surface area contributed by atoms with Crippen LogP contribution in [0.2, 0.25) is 0 Å². The minimum Gasteiger partial charge on any atom is -0.460 e. The van der Waals surface area contributed by atoms with E-state index in [2.05, 4.69) is 20.9 Å². The molecule has 0 spiro atoms. The molecule has 100 valence electrons. The van der Waals surface area contributed by atoms with Gasteiger partial charge in [0.05, 0.1) is 5.41 Å². The van der Waals surface area contributed by atoms with E-state index >= 15 is 0 Å². The largest absolute Gasteiger partial charge is 0.460 e. The van der Waals surface area contributed by atoms with E-state index in [1.54, 1.807) is 6.20 Å². The maximum Gasteiger partial charge on any atom is 0.312 e. The highest BCUT2D eigenvalue weighted by Gasteiger charge is 2.32. The average Bonchev–Trinajstić information content (AvgIpc) is 2.18. The fourth-order valence-corrected chi connectivity index (χ4v) is 1.74. The lowest BCUT2D eigenvalue weighted by Crippen LogP contribution is -2.35. The highest BCUT2D eigenvalue weighted by Crippen LogP contribution is 2.26. The maximum atomic E-state index is 12.1. The topological polar surface area (TPSA) is 39.2 Å². The van der Waals surface area contributed by atoms with Crippen LogP contribution in [0.25, 0.3) is 0 Å². The van der Waals surface area contributed by atoms with Gasteiger partial charge >= 0.3 is 5.97 Å². The number of esters is 1. The minimum atomic E-state index is -0.553. The van der Waals surface area contributed by atoms with Gasteiger partial charge < -0.3 is 4.74 Å². The SMILES string of the molecule is CC(C)(C)OC(=O)C(C)(C)Cc1ccc(Br)nc1. The summed E-state index contributed by atoms with van der Waals surface area (Å²) in [6, 6.07) is 3.84. The molecule has 0 aliphatic carbocycles. The van der Waals surface area contributed by atoms with E-state index in [0.717, 1.165) is 10.2 Å². The molecule has 0 saturated heterocycles. The van der Waals surface area contributed by atoms with E-state index in [1.807, 2.05) is 46.8 Å². The molecule has 3 nitrogen and oxygen atoms in total. The van der Waals surface area contributed by atoms with E-state index in [4.69, 9.17) is 4.74 Å². The van der Waals surface area contributed by atoms with Crippen LogP contribution in [-0.2, 0) is 16.0 Å². The molecular formula is C14H20BrNO2. The molecule has 0 N–H and O–H groups in total. The lowest BCUT2D eigenvalue weighted by molar-refractivity contribution is -0.165. The Bertz CT molecular complexity index is 418. The van der Waals surface area contributed by atoms with Crippen molar-refractivity contribution in [1.82, 2.24) is 4.98 Å². The zero-order chi connectivity index (χ0) is 14.0. The number of ether oxygens (including phenoxy) is 1. The Morgan fingerprint density at radius 1 is 1.28 bits per heavy atom. The highest BCUT2D eigenvalue weighted by molar-refractivity contribution is 9.10. The number of halogens is 1. The number of hydrogen-bond acceptors (Lipinski definition) is 3. The van der Waals surface area contributed by atoms with Gasteiger partial charge in [0.25, 0.3) is 0 Å². The summed E-state index contributed by atoms with van der Waals surface area (Å²) in [7, 11) is 0. The van der Waals surface area contributed by atoms with E-state index < -0.39 is 11.0 Å². The number of hydrogen-bond donors (Lipinski definition) is 0. The summed E-state index contributed by atoms with van der Waals surface area (Å²) in [4.78, 5) is 16.3. The first-order valence-electron chi connectivity index (χ1n) is 5.94. The summed E-state index contributed by atoms with van der Waals surface area (Å²) in [6.45, 7) is 9.42. The Morgan fingerprint density at radius 3 is 2.33 bits per heavy atom. The number of carbonyl (C=O) groups is 1. The average molecular weight is 314 g/mol. The van der Waals surface area contributed by atoms with Crippen molar-refractivity contribution < 1.29 is 9.53 Å². The maximum absolute atomic E-state index is 12.1. The van der Waals surface area contributed by atoms with Gasteiger partial charge in [-0.05, 0) is 68.6 Å². The molecule has 1 heterocycles. The molecule has 0 radical (unpaired) electrons. The Balaban J connectivity index is 2.75. The van der Waals surface area contributed by atoms with Gasteiger partial charge in [-0.15, -0.1) is 0 Å². The van der Waals surface area contributed by atoms with Crippen molar-refractivity contribution in [2.75, 3.05) is 0 Å². The van der Waals surface area contributed by atoms with Crippen molar-refractivity contribution in [3.8, 4) is 0 Å². The van der Waals surface area contributed by atoms with Crippen LogP contribution in [-0.4, -0.2) is 16.6 Å². The molecule has 0 aliphatic rings. The van der Waals surface area contributed by atoms with Gasteiger partial charge in [-0.25, -0.2) is 4.98 Å². The van der Waals surface area contributed by atoms with Crippen molar-refractivity contribution in [3.05, 3.63) is 28.5 Å². The number of aromatic nitrogens is 1. The Kier molecular flexibility index (Phi) is 4.54. The van der Waals surface area contributed by atoms with Gasteiger partial charge in [0.15, 0.2) is 0 Å². The highest BCUT2D eigenvalue weighted by atomic mass is 79.9. The van der Waals surface area contributed by atoms with Gasteiger partial charge in [0.2, 0.25) is 0 Å². The van der Waals surface area contributed by atoms with Crippen molar-refractivity contribution in [3.63, 3.8) is 0 Å². The number of pyridine rings is 1. The summed E-state index contributed by atoms with van der Waals surface area (Å²) >= 11 is 3.29. The number of nitrogens with zero attached hydrogens (tertiary/aromatic N) is 1. The second-order valence-corrected chi connectivity index (χ2v) is 6.86. The lowest BCUT2D eigenvalue weighted by Gasteiger charge is -2.28. The molecule has 0 aliphatic heterocycles. The molecule has 0 unspecified atom stereocenters. The summed E-state index contributed by atoms with van der Waals surface area (Å²) in [5, 5.41) is 0. The molecule has 4 heteroatoms. The van der Waals surface area contributed by atoms with Gasteiger partial charge in [0, 0.05) is 6.20 Å². The molecular weight excluding hydrogens is 294 g/mol. The van der Waals surface area contributed by atoms with Crippen molar-refractivity contribution >= 4 is 21.9 Å². The Hall–Kier alpha value is -0.900. The quantitative estimate of drug-likeness (QED) is 0.630. The van der Waals surface area contributed by atoms with E-state index in [-0.39, 0.29) is 5.97 Å². The van der Waals surface area contributed by atoms with Gasteiger partial charge in [0.1, 0.15) is 10.2 Å². The number of rotatable bonds is 3. The first kappa shape index (κ1) is 15.2. The lowest BCUT2D eigenvalue weighted by atomic mass is 9.86. The minimum absolute atomic E-state index is 0.182. The fraction of sp³-hybridized carbons (Fsp3) is 0.571. The monoisotopic (exact) mass is 313 g/mol. The molecule has 1 rings (SSSR count). The normalized spacial score (nSPS) is 12.3. The van der Waals surface area contributed by atoms with Crippen LogP contribution in [0, 0.1) is 5.41 Å². The molecule has 0 fully saturated rings. The van der Waals surface area contributed by atoms with Crippen molar-refractivity contribution in [2.45, 2.75) is 46.6 Å². The van der Waals surface area contributed by atoms with Gasteiger partial charge in [-0.2, -0.15) is 0 Å². The van der Waals surface area contributed by atoms with Crippen LogP contribution in [0.1, 0.15) is 40.2 Å². The predicted molar refractivity (Wildman–Crippen MR) is 75.3 cm³/mol. The summed E-state index contributed by atoms with van der Waals surface area (Å²) in [6.07, 6.45) is 2.39. The molecule has 1 aromatic rings. The van der Waals surface area contributed by atoms with Crippen LogP contribution in [0.5, 0.6) is 0 Å². The molecule has 0 amide bonds. The fourth-order valence-electron chi connectivity index (χ4n) is 1.51. The predicted octanol–water partition coefficient (Wildman–Crippen LogP) is 3.75. The summed E-state index contributed by atoms with van der Waals surface area (Å²) in [5.74, 6) is -0.182. The Morgan fingerprint density at radius 2 is 1.89 bits per heavy atom. The van der Waals surface area contributed by atoms with E-state index in [9.17, 15) is 4.79 Å². The third kappa shape index (κ3) is 4.77.